The van der Waals surface area contributed by atoms with Crippen molar-refractivity contribution in [1.29, 1.82) is 0 Å². The van der Waals surface area contributed by atoms with Crippen molar-refractivity contribution in [3.63, 3.8) is 0 Å². The molecule has 0 saturated heterocycles. The molecule has 0 radical (unpaired) electrons. The van der Waals surface area contributed by atoms with Gasteiger partial charge in [-0.15, -0.1) is 12.4 Å². The highest BCUT2D eigenvalue weighted by Gasteiger charge is 1.86. The lowest BCUT2D eigenvalue weighted by molar-refractivity contribution is 0.249. The summed E-state index contributed by atoms with van der Waals surface area (Å²) in [5.74, 6) is 0. The number of nitrogens with one attached hydrogen (secondary N) is 1. The van der Waals surface area contributed by atoms with E-state index < -0.39 is 6.03 Å². The van der Waals surface area contributed by atoms with Crippen LogP contribution in [0.25, 0.3) is 0 Å². The molecule has 0 spiro atoms. The van der Waals surface area contributed by atoms with E-state index in [1.807, 2.05) is 0 Å². The van der Waals surface area contributed by atoms with Gasteiger partial charge >= 0.3 is 6.03 Å². The lowest BCUT2D eigenvalue weighted by atomic mass is 10.3. The number of primary amides is 1. The Labute approximate surface area is 61.4 Å². The second kappa shape index (κ2) is 7.56. The third kappa shape index (κ3) is 11.2. The number of unbranched alkanes of at least 4 members (excludes halogenated alkanes) is 1. The molecule has 0 atom stereocenters. The van der Waals surface area contributed by atoms with Crippen molar-refractivity contribution in [3.8, 4) is 0 Å². The van der Waals surface area contributed by atoms with Crippen molar-refractivity contribution in [2.24, 2.45) is 5.73 Å². The fourth-order valence-electron chi connectivity index (χ4n) is 0.388. The summed E-state index contributed by atoms with van der Waals surface area (Å²) in [5, 5.41) is 2.49. The summed E-state index contributed by atoms with van der Waals surface area (Å²) >= 11 is 0. The molecular weight excluding hydrogens is 140 g/mol. The van der Waals surface area contributed by atoms with E-state index in [1.165, 1.54) is 0 Å². The number of halogens is 1. The van der Waals surface area contributed by atoms with E-state index in [1.54, 1.807) is 0 Å². The van der Waals surface area contributed by atoms with E-state index in [-0.39, 0.29) is 12.4 Å². The van der Waals surface area contributed by atoms with Crippen molar-refractivity contribution in [2.45, 2.75) is 19.8 Å². The molecule has 0 aromatic rings. The van der Waals surface area contributed by atoms with Crippen molar-refractivity contribution in [1.82, 2.24) is 5.32 Å². The van der Waals surface area contributed by atoms with Crippen LogP contribution in [0.4, 0.5) is 4.79 Å². The van der Waals surface area contributed by atoms with Gasteiger partial charge in [-0.3, -0.25) is 0 Å². The zero-order chi connectivity index (χ0) is 6.41. The highest BCUT2D eigenvalue weighted by Crippen LogP contribution is 1.80. The van der Waals surface area contributed by atoms with Crippen molar-refractivity contribution < 1.29 is 4.79 Å². The maximum absolute atomic E-state index is 9.99. The number of hydrogen-bond donors (Lipinski definition) is 2. The average Bonchev–Trinajstić information content (AvgIpc) is 1.66. The Morgan fingerprint density at radius 1 is 1.67 bits per heavy atom. The first-order chi connectivity index (χ1) is 3.77. The minimum atomic E-state index is -0.432. The summed E-state index contributed by atoms with van der Waals surface area (Å²) in [4.78, 5) is 9.99. The second-order valence-electron chi connectivity index (χ2n) is 1.64. The Hall–Kier alpha value is -0.440. The van der Waals surface area contributed by atoms with Crippen LogP contribution in [-0.2, 0) is 0 Å². The summed E-state index contributed by atoms with van der Waals surface area (Å²) in [6.07, 6.45) is 2.09. The normalized spacial score (nSPS) is 7.67. The lowest BCUT2D eigenvalue weighted by Gasteiger charge is -1.96. The molecule has 0 bridgehead atoms. The van der Waals surface area contributed by atoms with Crippen LogP contribution in [0.1, 0.15) is 19.8 Å². The Morgan fingerprint density at radius 2 is 2.22 bits per heavy atom. The van der Waals surface area contributed by atoms with E-state index in [0.29, 0.717) is 6.54 Å². The minimum absolute atomic E-state index is 0. The molecule has 0 fully saturated rings. The third-order valence-electron chi connectivity index (χ3n) is 0.830. The van der Waals surface area contributed by atoms with Gasteiger partial charge in [0.1, 0.15) is 0 Å². The van der Waals surface area contributed by atoms with Crippen LogP contribution in [0.5, 0.6) is 0 Å². The highest BCUT2D eigenvalue weighted by atomic mass is 35.5. The molecule has 0 unspecified atom stereocenters. The van der Waals surface area contributed by atoms with Crippen LogP contribution in [0, 0.1) is 0 Å². The van der Waals surface area contributed by atoms with Crippen LogP contribution in [0.2, 0.25) is 0 Å². The molecule has 0 aliphatic carbocycles. The van der Waals surface area contributed by atoms with Gasteiger partial charge < -0.3 is 11.1 Å². The molecule has 0 aromatic carbocycles. The number of carbonyl (C=O) groups excluding carboxylic acids is 1. The van der Waals surface area contributed by atoms with Crippen LogP contribution in [-0.4, -0.2) is 12.6 Å². The van der Waals surface area contributed by atoms with E-state index in [9.17, 15) is 4.79 Å². The van der Waals surface area contributed by atoms with Gasteiger partial charge in [0, 0.05) is 6.54 Å². The highest BCUT2D eigenvalue weighted by molar-refractivity contribution is 5.85. The molecule has 0 rings (SSSR count). The second-order valence-corrected chi connectivity index (χ2v) is 1.64. The summed E-state index contributed by atoms with van der Waals surface area (Å²) < 4.78 is 0. The molecule has 0 aliphatic heterocycles. The SMILES string of the molecule is CCCCNC(N)=O.Cl. The monoisotopic (exact) mass is 152 g/mol. The summed E-state index contributed by atoms with van der Waals surface area (Å²) in [6, 6.07) is -0.432. The van der Waals surface area contributed by atoms with Crippen molar-refractivity contribution in [2.75, 3.05) is 6.54 Å². The first-order valence-electron chi connectivity index (χ1n) is 2.80. The topological polar surface area (TPSA) is 55.1 Å². The number of rotatable bonds is 3. The Balaban J connectivity index is 0. The van der Waals surface area contributed by atoms with Crippen LogP contribution in [0.15, 0.2) is 0 Å². The fraction of sp³-hybridized carbons (Fsp3) is 0.800. The standard InChI is InChI=1S/C5H12N2O.ClH/c1-2-3-4-7-5(6)8;/h2-4H2,1H3,(H3,6,7,8);1H. The Bertz CT molecular complexity index is 77.4. The van der Waals surface area contributed by atoms with Gasteiger partial charge in [-0.2, -0.15) is 0 Å². The zero-order valence-corrected chi connectivity index (χ0v) is 6.33. The predicted octanol–water partition coefficient (Wildman–Crippen LogP) is 0.877. The molecule has 3 nitrogen and oxygen atoms in total. The largest absolute Gasteiger partial charge is 0.352 e. The van der Waals surface area contributed by atoms with Gasteiger partial charge in [0.15, 0.2) is 0 Å². The van der Waals surface area contributed by atoms with E-state index in [4.69, 9.17) is 5.73 Å². The maximum atomic E-state index is 9.99. The quantitative estimate of drug-likeness (QED) is 0.580. The summed E-state index contributed by atoms with van der Waals surface area (Å²) in [5.41, 5.74) is 4.78. The van der Waals surface area contributed by atoms with E-state index >= 15 is 0 Å². The number of nitrogens with two attached hydrogens (primary N) is 1. The summed E-state index contributed by atoms with van der Waals surface area (Å²) in [6.45, 7) is 2.76. The minimum Gasteiger partial charge on any atom is -0.352 e. The smallest absolute Gasteiger partial charge is 0.312 e. The van der Waals surface area contributed by atoms with Crippen molar-refractivity contribution >= 4 is 18.4 Å². The zero-order valence-electron chi connectivity index (χ0n) is 5.52. The molecule has 9 heavy (non-hydrogen) atoms. The Kier molecular flexibility index (Phi) is 9.55. The third-order valence-corrected chi connectivity index (χ3v) is 0.830. The molecule has 0 aromatic heterocycles. The summed E-state index contributed by atoms with van der Waals surface area (Å²) in [7, 11) is 0. The fourth-order valence-corrected chi connectivity index (χ4v) is 0.388. The van der Waals surface area contributed by atoms with Gasteiger partial charge in [-0.05, 0) is 6.42 Å². The maximum Gasteiger partial charge on any atom is 0.312 e. The van der Waals surface area contributed by atoms with Crippen LogP contribution in [0.3, 0.4) is 0 Å². The van der Waals surface area contributed by atoms with E-state index in [0.717, 1.165) is 12.8 Å². The first kappa shape index (κ1) is 11.4. The number of carbonyl (C=O) groups is 1. The van der Waals surface area contributed by atoms with Crippen molar-refractivity contribution in [3.05, 3.63) is 0 Å². The van der Waals surface area contributed by atoms with Gasteiger partial charge in [0.25, 0.3) is 0 Å². The molecule has 3 N–H and O–H groups in total. The Morgan fingerprint density at radius 3 is 2.56 bits per heavy atom. The van der Waals surface area contributed by atoms with Crippen LogP contribution >= 0.6 is 12.4 Å². The molecule has 0 aliphatic rings. The first-order valence-corrected chi connectivity index (χ1v) is 2.80. The number of hydrogen-bond acceptors (Lipinski definition) is 1. The van der Waals surface area contributed by atoms with Gasteiger partial charge in [0.05, 0.1) is 0 Å². The molecular formula is C5H13ClN2O. The van der Waals surface area contributed by atoms with Gasteiger partial charge in [0.2, 0.25) is 0 Å². The van der Waals surface area contributed by atoms with Gasteiger partial charge in [-0.1, -0.05) is 13.3 Å². The number of urea groups is 1. The van der Waals surface area contributed by atoms with Crippen LogP contribution < -0.4 is 11.1 Å². The predicted molar refractivity (Wildman–Crippen MR) is 39.7 cm³/mol. The molecule has 0 heterocycles. The van der Waals surface area contributed by atoms with E-state index in [2.05, 4.69) is 12.2 Å². The molecule has 56 valence electrons. The number of amides is 2. The lowest BCUT2D eigenvalue weighted by Crippen LogP contribution is -2.29. The average molecular weight is 153 g/mol. The molecule has 2 amide bonds. The molecule has 0 saturated carbocycles. The van der Waals surface area contributed by atoms with Gasteiger partial charge in [-0.25, -0.2) is 4.79 Å². The molecule has 4 heteroatoms.